The average molecular weight is 590 g/mol. The maximum atomic E-state index is 13.7. The van der Waals surface area contributed by atoms with Crippen LogP contribution in [0.5, 0.6) is 0 Å². The van der Waals surface area contributed by atoms with Crippen LogP contribution in [-0.4, -0.2) is 69.2 Å². The number of aliphatic hydroxyl groups is 1. The van der Waals surface area contributed by atoms with Gasteiger partial charge in [0.15, 0.2) is 5.13 Å². The number of benzene rings is 2. The molecule has 3 rings (SSSR count). The fourth-order valence-electron chi connectivity index (χ4n) is 3.49. The maximum Gasteiger partial charge on any atom is 0.469 e. The van der Waals surface area contributed by atoms with Gasteiger partial charge in [-0.15, -0.1) is 0 Å². The number of aryl methyl sites for hydroxylation is 1. The summed E-state index contributed by atoms with van der Waals surface area (Å²) in [5.41, 5.74) is 1.13. The summed E-state index contributed by atoms with van der Waals surface area (Å²) < 4.78 is 35.1. The van der Waals surface area contributed by atoms with Crippen LogP contribution in [0, 0.1) is 5.82 Å². The number of halogens is 2. The van der Waals surface area contributed by atoms with Gasteiger partial charge in [-0.1, -0.05) is 47.2 Å². The first-order chi connectivity index (χ1) is 17.9. The molecule has 38 heavy (non-hydrogen) atoms. The van der Waals surface area contributed by atoms with E-state index in [-0.39, 0.29) is 30.9 Å². The molecule has 0 aliphatic heterocycles. The number of hydrogen-bond acceptors (Lipinski definition) is 8. The molecule has 2 amide bonds. The van der Waals surface area contributed by atoms with Crippen molar-refractivity contribution in [1.82, 2.24) is 9.88 Å². The normalized spacial score (nSPS) is 13.2. The van der Waals surface area contributed by atoms with Crippen LogP contribution in [0.15, 0.2) is 42.5 Å². The molecule has 0 bridgehead atoms. The van der Waals surface area contributed by atoms with E-state index >= 15 is 0 Å². The number of rotatable bonds is 12. The predicted octanol–water partition coefficient (Wildman–Crippen LogP) is 3.96. The number of likely N-dealkylation sites (N-methyl/N-ethyl adjacent to an activating group) is 1. The van der Waals surface area contributed by atoms with Crippen molar-refractivity contribution in [3.63, 3.8) is 0 Å². The molecule has 0 unspecified atom stereocenters. The fraction of sp³-hybridized carbons (Fsp3) is 0.348. The summed E-state index contributed by atoms with van der Waals surface area (Å²) in [5, 5.41) is 13.0. The molecule has 11 nitrogen and oxygen atoms in total. The molecule has 0 saturated heterocycles. The monoisotopic (exact) mass is 589 g/mol. The molecule has 0 aliphatic carbocycles. The molecule has 2 atom stereocenters. The second-order valence-electron chi connectivity index (χ2n) is 8.26. The van der Waals surface area contributed by atoms with Crippen molar-refractivity contribution >= 4 is 58.1 Å². The van der Waals surface area contributed by atoms with Gasteiger partial charge in [-0.2, -0.15) is 0 Å². The molecular formula is C23H26ClFN3O8PS. The Hall–Kier alpha value is -2.64. The number of nitrogens with zero attached hydrogens (tertiary/aromatic N) is 2. The summed E-state index contributed by atoms with van der Waals surface area (Å²) >= 11 is 7.20. The Kier molecular flexibility index (Phi) is 10.6. The van der Waals surface area contributed by atoms with E-state index in [0.29, 0.717) is 16.2 Å². The molecule has 0 aliphatic rings. The first kappa shape index (κ1) is 29.9. The fourth-order valence-corrected chi connectivity index (χ4v) is 4.93. The van der Waals surface area contributed by atoms with E-state index in [1.165, 1.54) is 35.4 Å². The highest BCUT2D eigenvalue weighted by atomic mass is 35.5. The van der Waals surface area contributed by atoms with E-state index in [0.717, 1.165) is 4.70 Å². The van der Waals surface area contributed by atoms with E-state index < -0.39 is 44.4 Å². The van der Waals surface area contributed by atoms with Gasteiger partial charge < -0.3 is 24.5 Å². The number of anilines is 1. The highest BCUT2D eigenvalue weighted by Crippen LogP contribution is 2.36. The standard InChI is InChI=1S/C23H26ClFN3O8PS/c1-28(20(30)10-9-14-5-4-6-17(25)21(14)24)15(11-16(29)13-36-37(32,33)34)12-35-23(31)27-22-26-18-7-2-3-8-19(18)38-22/h2-8,15-16,29H,9-13H2,1H3,(H,26,27,31)(H2,32,33,34)/t15-,16+/m0/s1. The zero-order valence-electron chi connectivity index (χ0n) is 20.1. The largest absolute Gasteiger partial charge is 0.469 e. The lowest BCUT2D eigenvalue weighted by Gasteiger charge is -2.29. The first-order valence-electron chi connectivity index (χ1n) is 11.3. The number of nitrogens with one attached hydrogen (secondary N) is 1. The van der Waals surface area contributed by atoms with Gasteiger partial charge >= 0.3 is 13.9 Å². The minimum Gasteiger partial charge on any atom is -0.447 e. The first-order valence-corrected chi connectivity index (χ1v) is 14.0. The van der Waals surface area contributed by atoms with Gasteiger partial charge in [-0.05, 0) is 36.6 Å². The SMILES string of the molecule is CN(C(=O)CCc1cccc(F)c1Cl)[C@H](COC(=O)Nc1nc2ccccc2s1)C[C@@H](O)COP(=O)(O)O. The number of phosphoric acid groups is 1. The Morgan fingerprint density at radius 3 is 2.66 bits per heavy atom. The minimum absolute atomic E-state index is 0.0663. The molecule has 0 radical (unpaired) electrons. The Balaban J connectivity index is 1.63. The highest BCUT2D eigenvalue weighted by molar-refractivity contribution is 7.46. The molecule has 3 aromatic rings. The van der Waals surface area contributed by atoms with E-state index in [4.69, 9.17) is 26.1 Å². The Bertz CT molecular complexity index is 1290. The molecule has 1 aromatic heterocycles. The van der Waals surface area contributed by atoms with Gasteiger partial charge in [0.2, 0.25) is 5.91 Å². The second-order valence-corrected chi connectivity index (χ2v) is 10.9. The molecule has 0 fully saturated rings. The highest BCUT2D eigenvalue weighted by Gasteiger charge is 2.26. The van der Waals surface area contributed by atoms with Crippen LogP contribution >= 0.6 is 30.8 Å². The number of aromatic nitrogens is 1. The molecule has 4 N–H and O–H groups in total. The third-order valence-electron chi connectivity index (χ3n) is 5.47. The third kappa shape index (κ3) is 8.98. The Morgan fingerprint density at radius 2 is 1.95 bits per heavy atom. The zero-order chi connectivity index (χ0) is 27.9. The van der Waals surface area contributed by atoms with Crippen LogP contribution in [-0.2, 0) is 25.0 Å². The molecular weight excluding hydrogens is 564 g/mol. The summed E-state index contributed by atoms with van der Waals surface area (Å²) in [6.07, 6.45) is -2.39. The second kappa shape index (κ2) is 13.4. The number of thiazole rings is 1. The number of phosphoric ester groups is 1. The lowest BCUT2D eigenvalue weighted by Crippen LogP contribution is -2.43. The number of ether oxygens (including phenoxy) is 1. The number of carbonyl (C=O) groups excluding carboxylic acids is 2. The molecule has 0 spiro atoms. The van der Waals surface area contributed by atoms with E-state index in [1.54, 1.807) is 12.1 Å². The zero-order valence-corrected chi connectivity index (χ0v) is 22.6. The van der Waals surface area contributed by atoms with Gasteiger partial charge in [-0.25, -0.2) is 18.7 Å². The number of aliphatic hydroxyl groups excluding tert-OH is 1. The summed E-state index contributed by atoms with van der Waals surface area (Å²) in [5.74, 6) is -1.03. The summed E-state index contributed by atoms with van der Waals surface area (Å²) in [7, 11) is -3.40. The van der Waals surface area contributed by atoms with E-state index in [1.807, 2.05) is 18.2 Å². The van der Waals surface area contributed by atoms with Crippen LogP contribution in [0.4, 0.5) is 14.3 Å². The van der Waals surface area contributed by atoms with Crippen molar-refractivity contribution in [3.05, 3.63) is 58.9 Å². The molecule has 0 saturated carbocycles. The van der Waals surface area contributed by atoms with Gasteiger partial charge in [0.05, 0.1) is 34.0 Å². The minimum atomic E-state index is -4.83. The summed E-state index contributed by atoms with van der Waals surface area (Å²) in [6, 6.07) is 10.7. The van der Waals surface area contributed by atoms with Gasteiger partial charge in [-0.3, -0.25) is 14.6 Å². The van der Waals surface area contributed by atoms with Crippen molar-refractivity contribution in [2.45, 2.75) is 31.4 Å². The van der Waals surface area contributed by atoms with Crippen molar-refractivity contribution in [3.8, 4) is 0 Å². The van der Waals surface area contributed by atoms with Gasteiger partial charge in [0, 0.05) is 13.5 Å². The van der Waals surface area contributed by atoms with Crippen molar-refractivity contribution in [2.24, 2.45) is 0 Å². The van der Waals surface area contributed by atoms with Crippen LogP contribution < -0.4 is 5.32 Å². The summed E-state index contributed by atoms with van der Waals surface area (Å²) in [6.45, 7) is -1.06. The topological polar surface area (TPSA) is 159 Å². The van der Waals surface area contributed by atoms with Crippen molar-refractivity contribution < 1.29 is 42.7 Å². The van der Waals surface area contributed by atoms with E-state index in [2.05, 4.69) is 14.8 Å². The average Bonchev–Trinajstić information content (AvgIpc) is 3.27. The van der Waals surface area contributed by atoms with Crippen LogP contribution in [0.25, 0.3) is 10.2 Å². The van der Waals surface area contributed by atoms with Crippen molar-refractivity contribution in [2.75, 3.05) is 25.6 Å². The van der Waals surface area contributed by atoms with Crippen LogP contribution in [0.3, 0.4) is 0 Å². The molecule has 15 heteroatoms. The number of para-hydroxylation sites is 1. The summed E-state index contributed by atoms with van der Waals surface area (Å²) in [4.78, 5) is 48.5. The maximum absolute atomic E-state index is 13.7. The molecule has 206 valence electrons. The number of carbonyl (C=O) groups is 2. The predicted molar refractivity (Wildman–Crippen MR) is 139 cm³/mol. The Labute approximate surface area is 226 Å². The lowest BCUT2D eigenvalue weighted by atomic mass is 10.1. The van der Waals surface area contributed by atoms with Gasteiger partial charge in [0.1, 0.15) is 12.4 Å². The lowest BCUT2D eigenvalue weighted by molar-refractivity contribution is -0.133. The molecule has 2 aromatic carbocycles. The van der Waals surface area contributed by atoms with Gasteiger partial charge in [0.25, 0.3) is 0 Å². The quantitative estimate of drug-likeness (QED) is 0.229. The number of fused-ring (bicyclic) bond motifs is 1. The number of hydrogen-bond donors (Lipinski definition) is 4. The van der Waals surface area contributed by atoms with E-state index in [9.17, 15) is 23.7 Å². The molecule has 1 heterocycles. The number of amides is 2. The Morgan fingerprint density at radius 1 is 1.21 bits per heavy atom. The van der Waals surface area contributed by atoms with Crippen LogP contribution in [0.2, 0.25) is 5.02 Å². The van der Waals surface area contributed by atoms with Crippen LogP contribution in [0.1, 0.15) is 18.4 Å². The third-order valence-corrected chi connectivity index (χ3v) is 7.33. The van der Waals surface area contributed by atoms with Crippen molar-refractivity contribution in [1.29, 1.82) is 0 Å². The smallest absolute Gasteiger partial charge is 0.447 e.